The summed E-state index contributed by atoms with van der Waals surface area (Å²) in [4.78, 5) is 9.06. The van der Waals surface area contributed by atoms with E-state index in [1.165, 1.54) is 5.56 Å². The molecule has 0 fully saturated rings. The lowest BCUT2D eigenvalue weighted by atomic mass is 10.1. The van der Waals surface area contributed by atoms with Crippen LogP contribution in [0.3, 0.4) is 0 Å². The summed E-state index contributed by atoms with van der Waals surface area (Å²) < 4.78 is 5.05. The van der Waals surface area contributed by atoms with E-state index in [2.05, 4.69) is 15.3 Å². The first-order valence-corrected chi connectivity index (χ1v) is 5.73. The molecule has 0 aliphatic heterocycles. The molecule has 0 atom stereocenters. The molecule has 0 aliphatic carbocycles. The number of nitrogens with zero attached hydrogens (tertiary/aromatic N) is 2. The average Bonchev–Trinajstić information content (AvgIpc) is 2.81. The van der Waals surface area contributed by atoms with E-state index in [0.29, 0.717) is 0 Å². The van der Waals surface area contributed by atoms with Crippen molar-refractivity contribution in [1.29, 1.82) is 0 Å². The van der Waals surface area contributed by atoms with E-state index < -0.39 is 0 Å². The highest BCUT2D eigenvalue weighted by Gasteiger charge is 2.10. The molecule has 2 aromatic rings. The molecule has 0 aliphatic rings. The van der Waals surface area contributed by atoms with Crippen LogP contribution in [-0.2, 0) is 6.42 Å². The Balaban J connectivity index is 2.35. The van der Waals surface area contributed by atoms with Crippen molar-refractivity contribution >= 4 is 0 Å². The van der Waals surface area contributed by atoms with Crippen LogP contribution in [0.25, 0.3) is 11.4 Å². The molecule has 0 saturated carbocycles. The van der Waals surface area contributed by atoms with Crippen molar-refractivity contribution in [2.75, 3.05) is 13.6 Å². The molecule has 0 amide bonds. The van der Waals surface area contributed by atoms with Crippen LogP contribution in [0.5, 0.6) is 0 Å². The van der Waals surface area contributed by atoms with Gasteiger partial charge in [-0.15, -0.1) is 0 Å². The summed E-state index contributed by atoms with van der Waals surface area (Å²) in [6, 6.07) is 1.88. The minimum atomic E-state index is 0.738. The van der Waals surface area contributed by atoms with Crippen LogP contribution < -0.4 is 5.32 Å². The van der Waals surface area contributed by atoms with Crippen molar-refractivity contribution < 1.29 is 4.42 Å². The Kier molecular flexibility index (Phi) is 3.54. The van der Waals surface area contributed by atoms with E-state index in [9.17, 15) is 0 Å². The van der Waals surface area contributed by atoms with Gasteiger partial charge < -0.3 is 9.73 Å². The summed E-state index contributed by atoms with van der Waals surface area (Å²) in [6.45, 7) is 5.00. The zero-order valence-corrected chi connectivity index (χ0v) is 10.4. The molecule has 0 aromatic carbocycles. The highest BCUT2D eigenvalue weighted by atomic mass is 16.3. The summed E-state index contributed by atoms with van der Waals surface area (Å²) in [6.07, 6.45) is 4.26. The maximum atomic E-state index is 5.05. The van der Waals surface area contributed by atoms with Gasteiger partial charge in [0.1, 0.15) is 6.26 Å². The van der Waals surface area contributed by atoms with Gasteiger partial charge in [0.2, 0.25) is 0 Å². The molecule has 4 heteroatoms. The summed E-state index contributed by atoms with van der Waals surface area (Å²) in [5, 5.41) is 3.14. The van der Waals surface area contributed by atoms with Crippen LogP contribution >= 0.6 is 0 Å². The number of likely N-dealkylation sites (N-methyl/N-ethyl adjacent to an activating group) is 1. The minimum Gasteiger partial charge on any atom is -0.472 e. The fraction of sp³-hybridized carbons (Fsp3) is 0.385. The quantitative estimate of drug-likeness (QED) is 0.875. The lowest BCUT2D eigenvalue weighted by Gasteiger charge is -2.09. The third-order valence-electron chi connectivity index (χ3n) is 2.83. The van der Waals surface area contributed by atoms with E-state index >= 15 is 0 Å². The minimum absolute atomic E-state index is 0.738. The number of hydrogen-bond acceptors (Lipinski definition) is 4. The third kappa shape index (κ3) is 2.53. The second-order valence-electron chi connectivity index (χ2n) is 4.06. The number of rotatable bonds is 4. The van der Waals surface area contributed by atoms with Crippen LogP contribution in [0, 0.1) is 13.8 Å². The second kappa shape index (κ2) is 5.10. The van der Waals surface area contributed by atoms with E-state index in [4.69, 9.17) is 4.42 Å². The molecular formula is C13H17N3O. The fourth-order valence-corrected chi connectivity index (χ4v) is 1.87. The van der Waals surface area contributed by atoms with E-state index in [1.54, 1.807) is 12.5 Å². The van der Waals surface area contributed by atoms with E-state index in [0.717, 1.165) is 35.7 Å². The molecule has 0 radical (unpaired) electrons. The van der Waals surface area contributed by atoms with Crippen LogP contribution in [0.2, 0.25) is 0 Å². The first-order chi connectivity index (χ1) is 8.22. The van der Waals surface area contributed by atoms with Crippen molar-refractivity contribution in [2.45, 2.75) is 20.3 Å². The number of aromatic nitrogens is 2. The van der Waals surface area contributed by atoms with Gasteiger partial charge in [0.15, 0.2) is 5.82 Å². The topological polar surface area (TPSA) is 51.0 Å². The Bertz CT molecular complexity index is 468. The molecule has 2 rings (SSSR count). The number of hydrogen-bond donors (Lipinski definition) is 1. The molecule has 0 unspecified atom stereocenters. The maximum Gasteiger partial charge on any atom is 0.162 e. The molecule has 0 saturated heterocycles. The van der Waals surface area contributed by atoms with Crippen molar-refractivity contribution in [3.8, 4) is 11.4 Å². The molecule has 4 nitrogen and oxygen atoms in total. The van der Waals surface area contributed by atoms with Crippen LogP contribution in [0.4, 0.5) is 0 Å². The predicted octanol–water partition coefficient (Wildman–Crippen LogP) is 2.12. The Morgan fingerprint density at radius 2 is 1.94 bits per heavy atom. The van der Waals surface area contributed by atoms with Gasteiger partial charge in [-0.05, 0) is 45.5 Å². The van der Waals surface area contributed by atoms with Gasteiger partial charge in [-0.25, -0.2) is 9.97 Å². The lowest BCUT2D eigenvalue weighted by Crippen LogP contribution is -2.13. The highest BCUT2D eigenvalue weighted by Crippen LogP contribution is 2.19. The van der Waals surface area contributed by atoms with Gasteiger partial charge in [-0.2, -0.15) is 0 Å². The number of nitrogens with one attached hydrogen (secondary N) is 1. The average molecular weight is 231 g/mol. The van der Waals surface area contributed by atoms with Gasteiger partial charge in [0.05, 0.1) is 11.8 Å². The van der Waals surface area contributed by atoms with Gasteiger partial charge in [0.25, 0.3) is 0 Å². The SMILES string of the molecule is CNCCc1c(C)nc(-c2ccoc2)nc1C. The van der Waals surface area contributed by atoms with E-state index in [-0.39, 0.29) is 0 Å². The van der Waals surface area contributed by atoms with Gasteiger partial charge in [-0.3, -0.25) is 0 Å². The molecule has 2 heterocycles. The van der Waals surface area contributed by atoms with Gasteiger partial charge >= 0.3 is 0 Å². The summed E-state index contributed by atoms with van der Waals surface area (Å²) >= 11 is 0. The highest BCUT2D eigenvalue weighted by molar-refractivity contribution is 5.53. The fourth-order valence-electron chi connectivity index (χ4n) is 1.87. The second-order valence-corrected chi connectivity index (χ2v) is 4.06. The van der Waals surface area contributed by atoms with Crippen LogP contribution in [0.1, 0.15) is 17.0 Å². The Labute approximate surface area is 101 Å². The smallest absolute Gasteiger partial charge is 0.162 e. The van der Waals surface area contributed by atoms with Crippen LogP contribution in [0.15, 0.2) is 23.0 Å². The summed E-state index contributed by atoms with van der Waals surface area (Å²) in [5.41, 5.74) is 4.25. The Hall–Kier alpha value is -1.68. The lowest BCUT2D eigenvalue weighted by molar-refractivity contribution is 0.568. The van der Waals surface area contributed by atoms with Crippen molar-refractivity contribution in [3.05, 3.63) is 35.5 Å². The molecular weight excluding hydrogens is 214 g/mol. The Morgan fingerprint density at radius 1 is 1.24 bits per heavy atom. The summed E-state index contributed by atoms with van der Waals surface area (Å²) in [7, 11) is 1.95. The van der Waals surface area contributed by atoms with Crippen LogP contribution in [-0.4, -0.2) is 23.6 Å². The monoisotopic (exact) mass is 231 g/mol. The third-order valence-corrected chi connectivity index (χ3v) is 2.83. The maximum absolute atomic E-state index is 5.05. The Morgan fingerprint density at radius 3 is 2.47 bits per heavy atom. The standard InChI is InChI=1S/C13H17N3O/c1-9-12(4-6-14-3)10(2)16-13(15-9)11-5-7-17-8-11/h5,7-8,14H,4,6H2,1-3H3. The predicted molar refractivity (Wildman–Crippen MR) is 66.8 cm³/mol. The zero-order valence-electron chi connectivity index (χ0n) is 10.4. The normalized spacial score (nSPS) is 10.8. The largest absolute Gasteiger partial charge is 0.472 e. The van der Waals surface area contributed by atoms with Crippen molar-refractivity contribution in [2.24, 2.45) is 0 Å². The first kappa shape index (κ1) is 11.8. The molecule has 2 aromatic heterocycles. The molecule has 17 heavy (non-hydrogen) atoms. The van der Waals surface area contributed by atoms with Gasteiger partial charge in [0, 0.05) is 11.4 Å². The molecule has 0 spiro atoms. The summed E-state index contributed by atoms with van der Waals surface area (Å²) in [5.74, 6) is 0.738. The molecule has 0 bridgehead atoms. The number of aryl methyl sites for hydroxylation is 2. The first-order valence-electron chi connectivity index (χ1n) is 5.73. The van der Waals surface area contributed by atoms with Gasteiger partial charge in [-0.1, -0.05) is 0 Å². The zero-order chi connectivity index (χ0) is 12.3. The molecule has 1 N–H and O–H groups in total. The molecule has 90 valence electrons. The van der Waals surface area contributed by atoms with Crippen molar-refractivity contribution in [1.82, 2.24) is 15.3 Å². The van der Waals surface area contributed by atoms with Crippen molar-refractivity contribution in [3.63, 3.8) is 0 Å². The number of furan rings is 1. The van der Waals surface area contributed by atoms with E-state index in [1.807, 2.05) is 27.0 Å².